The minimum atomic E-state index is 0.0607. The first kappa shape index (κ1) is 12.9. The third-order valence-corrected chi connectivity index (χ3v) is 3.57. The number of nitrogens with one attached hydrogen (secondary N) is 1. The molecule has 1 aliphatic carbocycles. The van der Waals surface area contributed by atoms with Crippen molar-refractivity contribution >= 4 is 11.6 Å². The Labute approximate surface area is 109 Å². The lowest BCUT2D eigenvalue weighted by atomic mass is 9.95. The summed E-state index contributed by atoms with van der Waals surface area (Å²) in [5, 5.41) is 3.14. The van der Waals surface area contributed by atoms with Gasteiger partial charge in [0.1, 0.15) is 0 Å². The molecule has 3 nitrogen and oxygen atoms in total. The van der Waals surface area contributed by atoms with Crippen LogP contribution >= 0.6 is 0 Å². The zero-order valence-electron chi connectivity index (χ0n) is 11.3. The van der Waals surface area contributed by atoms with Crippen LogP contribution in [0.15, 0.2) is 24.3 Å². The lowest BCUT2D eigenvalue weighted by Gasteiger charge is -2.23. The fraction of sp³-hybridized carbons (Fsp3) is 0.533. The zero-order chi connectivity index (χ0) is 13.0. The molecular weight excluding hydrogens is 224 g/mol. The number of benzene rings is 1. The van der Waals surface area contributed by atoms with Gasteiger partial charge in [0, 0.05) is 31.4 Å². The Hall–Kier alpha value is -1.51. The molecule has 1 fully saturated rings. The third-order valence-electron chi connectivity index (χ3n) is 3.57. The summed E-state index contributed by atoms with van der Waals surface area (Å²) in [5.41, 5.74) is 1.82. The van der Waals surface area contributed by atoms with E-state index in [1.165, 1.54) is 19.3 Å². The van der Waals surface area contributed by atoms with Crippen molar-refractivity contribution in [3.8, 4) is 0 Å². The van der Waals surface area contributed by atoms with Crippen molar-refractivity contribution in [2.45, 2.75) is 38.1 Å². The Morgan fingerprint density at radius 3 is 2.61 bits per heavy atom. The van der Waals surface area contributed by atoms with Crippen LogP contribution < -0.4 is 10.2 Å². The van der Waals surface area contributed by atoms with Gasteiger partial charge in [-0.3, -0.25) is 4.79 Å². The van der Waals surface area contributed by atoms with Gasteiger partial charge in [-0.15, -0.1) is 0 Å². The van der Waals surface area contributed by atoms with Gasteiger partial charge in [-0.1, -0.05) is 25.3 Å². The van der Waals surface area contributed by atoms with E-state index in [9.17, 15) is 4.79 Å². The number of amides is 1. The normalized spacial score (nSPS) is 16.3. The lowest BCUT2D eigenvalue weighted by molar-refractivity contribution is 0.0928. The standard InChI is InChI=1S/C15H22N2O/c1-17(2)14-10-6-7-12(11-14)15(18)16-13-8-4-3-5-9-13/h6-7,10-11,13H,3-5,8-9H2,1-2H3,(H,16,18). The van der Waals surface area contributed by atoms with Crippen molar-refractivity contribution in [1.29, 1.82) is 0 Å². The predicted octanol–water partition coefficient (Wildman–Crippen LogP) is 2.82. The number of anilines is 1. The Balaban J connectivity index is 2.01. The van der Waals surface area contributed by atoms with E-state index in [1.54, 1.807) is 0 Å². The molecule has 0 aromatic heterocycles. The summed E-state index contributed by atoms with van der Waals surface area (Å²) < 4.78 is 0. The van der Waals surface area contributed by atoms with Crippen LogP contribution in [0.3, 0.4) is 0 Å². The third kappa shape index (κ3) is 3.25. The first-order valence-corrected chi connectivity index (χ1v) is 6.75. The summed E-state index contributed by atoms with van der Waals surface area (Å²) in [7, 11) is 3.97. The van der Waals surface area contributed by atoms with Gasteiger partial charge in [0.15, 0.2) is 0 Å². The van der Waals surface area contributed by atoms with E-state index >= 15 is 0 Å². The molecule has 3 heteroatoms. The highest BCUT2D eigenvalue weighted by molar-refractivity contribution is 5.95. The number of nitrogens with zero attached hydrogens (tertiary/aromatic N) is 1. The Morgan fingerprint density at radius 1 is 1.22 bits per heavy atom. The van der Waals surface area contributed by atoms with Gasteiger partial charge in [-0.05, 0) is 31.0 Å². The zero-order valence-corrected chi connectivity index (χ0v) is 11.3. The van der Waals surface area contributed by atoms with Crippen LogP contribution in [-0.4, -0.2) is 26.0 Å². The molecule has 0 heterocycles. The number of carbonyl (C=O) groups is 1. The molecule has 1 amide bonds. The maximum atomic E-state index is 12.2. The monoisotopic (exact) mass is 246 g/mol. The number of hydrogen-bond acceptors (Lipinski definition) is 2. The van der Waals surface area contributed by atoms with Gasteiger partial charge in [0.05, 0.1) is 0 Å². The van der Waals surface area contributed by atoms with Crippen LogP contribution in [0.1, 0.15) is 42.5 Å². The van der Waals surface area contributed by atoms with Crippen molar-refractivity contribution in [2.75, 3.05) is 19.0 Å². The van der Waals surface area contributed by atoms with Gasteiger partial charge in [-0.2, -0.15) is 0 Å². The van der Waals surface area contributed by atoms with E-state index in [1.807, 2.05) is 43.3 Å². The van der Waals surface area contributed by atoms with Crippen molar-refractivity contribution < 1.29 is 4.79 Å². The van der Waals surface area contributed by atoms with Gasteiger partial charge in [-0.25, -0.2) is 0 Å². The van der Waals surface area contributed by atoms with Crippen LogP contribution in [0.2, 0.25) is 0 Å². The average Bonchev–Trinajstić information content (AvgIpc) is 2.40. The van der Waals surface area contributed by atoms with Crippen molar-refractivity contribution in [3.05, 3.63) is 29.8 Å². The molecule has 18 heavy (non-hydrogen) atoms. The number of hydrogen-bond donors (Lipinski definition) is 1. The molecule has 98 valence electrons. The summed E-state index contributed by atoms with van der Waals surface area (Å²) in [6, 6.07) is 8.14. The molecule has 2 rings (SSSR count). The highest BCUT2D eigenvalue weighted by atomic mass is 16.1. The molecule has 1 aromatic rings. The lowest BCUT2D eigenvalue weighted by Crippen LogP contribution is -2.36. The van der Waals surface area contributed by atoms with Gasteiger partial charge in [0.25, 0.3) is 5.91 Å². The van der Waals surface area contributed by atoms with E-state index in [4.69, 9.17) is 0 Å². The van der Waals surface area contributed by atoms with Crippen molar-refractivity contribution in [3.63, 3.8) is 0 Å². The van der Waals surface area contributed by atoms with E-state index < -0.39 is 0 Å². The summed E-state index contributed by atoms with van der Waals surface area (Å²) in [4.78, 5) is 14.2. The van der Waals surface area contributed by atoms with E-state index in [-0.39, 0.29) is 5.91 Å². The molecule has 0 atom stereocenters. The molecule has 1 aromatic carbocycles. The Morgan fingerprint density at radius 2 is 1.94 bits per heavy atom. The Bertz CT molecular complexity index is 409. The summed E-state index contributed by atoms with van der Waals surface area (Å²) in [5.74, 6) is 0.0607. The quantitative estimate of drug-likeness (QED) is 0.889. The second-order valence-electron chi connectivity index (χ2n) is 5.25. The summed E-state index contributed by atoms with van der Waals surface area (Å²) >= 11 is 0. The number of carbonyl (C=O) groups excluding carboxylic acids is 1. The largest absolute Gasteiger partial charge is 0.378 e. The van der Waals surface area contributed by atoms with E-state index in [0.29, 0.717) is 6.04 Å². The van der Waals surface area contributed by atoms with E-state index in [0.717, 1.165) is 24.1 Å². The molecular formula is C15H22N2O. The highest BCUT2D eigenvalue weighted by Gasteiger charge is 2.16. The van der Waals surface area contributed by atoms with Crippen LogP contribution in [0.5, 0.6) is 0 Å². The first-order chi connectivity index (χ1) is 8.66. The molecule has 0 spiro atoms. The van der Waals surface area contributed by atoms with Crippen molar-refractivity contribution in [2.24, 2.45) is 0 Å². The molecule has 0 saturated heterocycles. The van der Waals surface area contributed by atoms with Crippen LogP contribution in [0, 0.1) is 0 Å². The first-order valence-electron chi connectivity index (χ1n) is 6.75. The maximum absolute atomic E-state index is 12.2. The molecule has 0 unspecified atom stereocenters. The van der Waals surface area contributed by atoms with E-state index in [2.05, 4.69) is 5.32 Å². The minimum absolute atomic E-state index is 0.0607. The Kier molecular flexibility index (Phi) is 4.24. The van der Waals surface area contributed by atoms with Gasteiger partial charge < -0.3 is 10.2 Å². The van der Waals surface area contributed by atoms with Crippen molar-refractivity contribution in [1.82, 2.24) is 5.32 Å². The average molecular weight is 246 g/mol. The second-order valence-corrected chi connectivity index (χ2v) is 5.25. The van der Waals surface area contributed by atoms with Crippen LogP contribution in [0.4, 0.5) is 5.69 Å². The maximum Gasteiger partial charge on any atom is 0.251 e. The molecule has 0 radical (unpaired) electrons. The fourth-order valence-electron chi connectivity index (χ4n) is 2.44. The predicted molar refractivity (Wildman–Crippen MR) is 75.1 cm³/mol. The van der Waals surface area contributed by atoms with Crippen LogP contribution in [0.25, 0.3) is 0 Å². The fourth-order valence-corrected chi connectivity index (χ4v) is 2.44. The highest BCUT2D eigenvalue weighted by Crippen LogP contribution is 2.18. The molecule has 1 saturated carbocycles. The summed E-state index contributed by atoms with van der Waals surface area (Å²) in [6.45, 7) is 0. The molecule has 0 bridgehead atoms. The minimum Gasteiger partial charge on any atom is -0.378 e. The van der Waals surface area contributed by atoms with Gasteiger partial charge in [0.2, 0.25) is 0 Å². The molecule has 0 aliphatic heterocycles. The number of rotatable bonds is 3. The topological polar surface area (TPSA) is 32.3 Å². The molecule has 1 aliphatic rings. The molecule has 1 N–H and O–H groups in total. The van der Waals surface area contributed by atoms with Crippen LogP contribution in [-0.2, 0) is 0 Å². The smallest absolute Gasteiger partial charge is 0.251 e. The van der Waals surface area contributed by atoms with Gasteiger partial charge >= 0.3 is 0 Å². The SMILES string of the molecule is CN(C)c1cccc(C(=O)NC2CCCCC2)c1. The summed E-state index contributed by atoms with van der Waals surface area (Å²) in [6.07, 6.45) is 6.03. The second kappa shape index (κ2) is 5.89.